The van der Waals surface area contributed by atoms with Crippen LogP contribution in [0, 0.1) is 12.7 Å². The smallest absolute Gasteiger partial charge is 0.258 e. The van der Waals surface area contributed by atoms with E-state index in [0.29, 0.717) is 22.1 Å². The van der Waals surface area contributed by atoms with Crippen molar-refractivity contribution in [2.24, 2.45) is 0 Å². The maximum atomic E-state index is 12.8. The van der Waals surface area contributed by atoms with Crippen molar-refractivity contribution < 1.29 is 9.18 Å². The highest BCUT2D eigenvalue weighted by atomic mass is 32.2. The summed E-state index contributed by atoms with van der Waals surface area (Å²) >= 11 is 2.82. The summed E-state index contributed by atoms with van der Waals surface area (Å²) in [7, 11) is 0. The van der Waals surface area contributed by atoms with Gasteiger partial charge in [-0.05, 0) is 31.2 Å². The predicted octanol–water partition coefficient (Wildman–Crippen LogP) is 3.08. The number of halogens is 1. The molecule has 5 nitrogen and oxygen atoms in total. The van der Waals surface area contributed by atoms with Crippen molar-refractivity contribution in [1.82, 2.24) is 9.38 Å². The molecule has 0 radical (unpaired) electrons. The second-order valence-corrected chi connectivity index (χ2v) is 7.33. The molecule has 0 spiro atoms. The third-order valence-electron chi connectivity index (χ3n) is 3.15. The van der Waals surface area contributed by atoms with Crippen LogP contribution in [0.4, 0.5) is 10.1 Å². The predicted molar refractivity (Wildman–Crippen MR) is 95.3 cm³/mol. The number of rotatable bonds is 5. The molecule has 0 aliphatic heterocycles. The van der Waals surface area contributed by atoms with Crippen LogP contribution in [-0.4, -0.2) is 21.0 Å². The monoisotopic (exact) mass is 363 g/mol. The Hall–Kier alpha value is -2.19. The molecular formula is C16H14FN3O2S2. The quantitative estimate of drug-likeness (QED) is 0.757. The van der Waals surface area contributed by atoms with E-state index in [-0.39, 0.29) is 23.0 Å². The Morgan fingerprint density at radius 1 is 1.38 bits per heavy atom. The van der Waals surface area contributed by atoms with Crippen LogP contribution in [0.15, 0.2) is 41.3 Å². The molecular weight excluding hydrogens is 349 g/mol. The van der Waals surface area contributed by atoms with Gasteiger partial charge in [0.2, 0.25) is 5.91 Å². The van der Waals surface area contributed by atoms with E-state index >= 15 is 0 Å². The summed E-state index contributed by atoms with van der Waals surface area (Å²) in [6, 6.07) is 7.08. The molecule has 0 fully saturated rings. The average Bonchev–Trinajstić information content (AvgIpc) is 2.91. The molecule has 0 aliphatic rings. The summed E-state index contributed by atoms with van der Waals surface area (Å²) in [6.07, 6.45) is 1.77. The second kappa shape index (κ2) is 7.14. The number of anilines is 1. The number of thiazole rings is 1. The Morgan fingerprint density at radius 3 is 2.88 bits per heavy atom. The maximum absolute atomic E-state index is 12.8. The van der Waals surface area contributed by atoms with Gasteiger partial charge in [0.25, 0.3) is 5.56 Å². The highest BCUT2D eigenvalue weighted by Gasteiger charge is 2.07. The average molecular weight is 363 g/mol. The van der Waals surface area contributed by atoms with E-state index < -0.39 is 0 Å². The molecule has 1 aromatic carbocycles. The lowest BCUT2D eigenvalue weighted by Gasteiger charge is -2.05. The molecule has 3 aromatic rings. The first kappa shape index (κ1) is 16.7. The van der Waals surface area contributed by atoms with E-state index in [1.54, 1.807) is 6.20 Å². The zero-order chi connectivity index (χ0) is 17.1. The molecule has 1 amide bonds. The Morgan fingerprint density at radius 2 is 2.12 bits per heavy atom. The van der Waals surface area contributed by atoms with E-state index in [2.05, 4.69) is 10.3 Å². The normalized spacial score (nSPS) is 10.9. The first-order chi connectivity index (χ1) is 11.5. The Labute approximate surface area is 145 Å². The second-order valence-electron chi connectivity index (χ2n) is 5.13. The molecule has 3 rings (SSSR count). The number of hydrogen-bond donors (Lipinski definition) is 1. The van der Waals surface area contributed by atoms with Crippen molar-refractivity contribution in [3.63, 3.8) is 0 Å². The lowest BCUT2D eigenvalue weighted by atomic mass is 10.3. The zero-order valence-electron chi connectivity index (χ0n) is 12.8. The van der Waals surface area contributed by atoms with E-state index in [0.717, 1.165) is 4.88 Å². The third kappa shape index (κ3) is 4.01. The first-order valence-corrected chi connectivity index (χ1v) is 9.10. The number of carbonyl (C=O) groups is 1. The standard InChI is InChI=1S/C16H14FN3O2S2/c1-10-7-20-15(22)6-13(19-16(20)24-10)8-23-9-14(21)18-12-4-2-11(17)3-5-12/h2-7H,8-9H2,1H3,(H,18,21). The number of aryl methyl sites for hydroxylation is 1. The molecule has 0 bridgehead atoms. The molecule has 0 atom stereocenters. The largest absolute Gasteiger partial charge is 0.325 e. The van der Waals surface area contributed by atoms with Crippen LogP contribution in [0.1, 0.15) is 10.6 Å². The van der Waals surface area contributed by atoms with Crippen LogP contribution >= 0.6 is 23.1 Å². The summed E-state index contributed by atoms with van der Waals surface area (Å²) < 4.78 is 14.3. The maximum Gasteiger partial charge on any atom is 0.258 e. The molecule has 8 heteroatoms. The van der Waals surface area contributed by atoms with Gasteiger partial charge in [0.05, 0.1) is 11.4 Å². The molecule has 2 aromatic heterocycles. The van der Waals surface area contributed by atoms with Gasteiger partial charge in [-0.25, -0.2) is 9.37 Å². The fraction of sp³-hybridized carbons (Fsp3) is 0.188. The first-order valence-electron chi connectivity index (χ1n) is 7.13. The number of amides is 1. The molecule has 0 unspecified atom stereocenters. The number of fused-ring (bicyclic) bond motifs is 1. The van der Waals surface area contributed by atoms with Crippen molar-refractivity contribution >= 4 is 39.7 Å². The number of nitrogens with one attached hydrogen (secondary N) is 1. The minimum atomic E-state index is -0.348. The van der Waals surface area contributed by atoms with Crippen LogP contribution in [0.2, 0.25) is 0 Å². The van der Waals surface area contributed by atoms with E-state index in [1.165, 1.54) is 57.8 Å². The molecule has 2 heterocycles. The van der Waals surface area contributed by atoms with Gasteiger partial charge >= 0.3 is 0 Å². The minimum absolute atomic E-state index is 0.115. The van der Waals surface area contributed by atoms with Crippen LogP contribution < -0.4 is 10.9 Å². The Kier molecular flexibility index (Phi) is 4.96. The van der Waals surface area contributed by atoms with E-state index in [9.17, 15) is 14.0 Å². The van der Waals surface area contributed by atoms with Crippen molar-refractivity contribution in [2.45, 2.75) is 12.7 Å². The summed E-state index contributed by atoms with van der Waals surface area (Å²) in [5.74, 6) is 0.164. The van der Waals surface area contributed by atoms with Crippen LogP contribution in [0.25, 0.3) is 4.96 Å². The van der Waals surface area contributed by atoms with Gasteiger partial charge in [-0.2, -0.15) is 0 Å². The van der Waals surface area contributed by atoms with Gasteiger partial charge in [-0.1, -0.05) is 0 Å². The van der Waals surface area contributed by atoms with Gasteiger partial charge in [0.1, 0.15) is 5.82 Å². The summed E-state index contributed by atoms with van der Waals surface area (Å²) in [4.78, 5) is 30.0. The number of hydrogen-bond acceptors (Lipinski definition) is 5. The minimum Gasteiger partial charge on any atom is -0.325 e. The summed E-state index contributed by atoms with van der Waals surface area (Å²) in [5, 5.41) is 2.69. The summed E-state index contributed by atoms with van der Waals surface area (Å²) in [6.45, 7) is 1.92. The van der Waals surface area contributed by atoms with Gasteiger partial charge in [0.15, 0.2) is 4.96 Å². The molecule has 0 saturated heterocycles. The van der Waals surface area contributed by atoms with Crippen LogP contribution in [0.3, 0.4) is 0 Å². The molecule has 24 heavy (non-hydrogen) atoms. The number of aromatic nitrogens is 2. The lowest BCUT2D eigenvalue weighted by molar-refractivity contribution is -0.113. The number of nitrogens with zero attached hydrogens (tertiary/aromatic N) is 2. The molecule has 124 valence electrons. The van der Waals surface area contributed by atoms with Crippen molar-refractivity contribution in [2.75, 3.05) is 11.1 Å². The lowest BCUT2D eigenvalue weighted by Crippen LogP contribution is -2.15. The van der Waals surface area contributed by atoms with Crippen molar-refractivity contribution in [3.05, 3.63) is 63.3 Å². The highest BCUT2D eigenvalue weighted by molar-refractivity contribution is 7.99. The molecule has 0 aliphatic carbocycles. The van der Waals surface area contributed by atoms with Crippen LogP contribution in [0.5, 0.6) is 0 Å². The number of carbonyl (C=O) groups excluding carboxylic acids is 1. The zero-order valence-corrected chi connectivity index (χ0v) is 14.4. The fourth-order valence-corrected chi connectivity index (χ4v) is 3.68. The van der Waals surface area contributed by atoms with E-state index in [1.807, 2.05) is 6.92 Å². The van der Waals surface area contributed by atoms with Gasteiger partial charge in [-0.3, -0.25) is 14.0 Å². The molecule has 0 saturated carbocycles. The van der Waals surface area contributed by atoms with Crippen molar-refractivity contribution in [1.29, 1.82) is 0 Å². The number of benzene rings is 1. The summed E-state index contributed by atoms with van der Waals surface area (Å²) in [5.41, 5.74) is 1.09. The Balaban J connectivity index is 1.57. The van der Waals surface area contributed by atoms with Crippen molar-refractivity contribution in [3.8, 4) is 0 Å². The highest BCUT2D eigenvalue weighted by Crippen LogP contribution is 2.16. The number of thioether (sulfide) groups is 1. The van der Waals surface area contributed by atoms with Gasteiger partial charge in [0, 0.05) is 28.6 Å². The fourth-order valence-electron chi connectivity index (χ4n) is 2.11. The third-order valence-corrected chi connectivity index (χ3v) is 5.01. The van der Waals surface area contributed by atoms with Gasteiger partial charge in [-0.15, -0.1) is 23.1 Å². The Bertz CT molecular complexity index is 935. The van der Waals surface area contributed by atoms with E-state index in [4.69, 9.17) is 0 Å². The molecule has 1 N–H and O–H groups in total. The van der Waals surface area contributed by atoms with Crippen LogP contribution in [-0.2, 0) is 10.5 Å². The van der Waals surface area contributed by atoms with Gasteiger partial charge < -0.3 is 5.32 Å². The SMILES string of the molecule is Cc1cn2c(=O)cc(CSCC(=O)Nc3ccc(F)cc3)nc2s1. The topological polar surface area (TPSA) is 63.5 Å².